The molecule has 1 atom stereocenters. The molecule has 0 aromatic carbocycles. The number of aryl methyl sites for hydroxylation is 1. The molecule has 6 heteroatoms. The molecule has 1 aromatic heterocycles. The lowest BCUT2D eigenvalue weighted by Gasteiger charge is -2.46. The Kier molecular flexibility index (Phi) is 4.60. The van der Waals surface area contributed by atoms with E-state index in [9.17, 15) is 4.79 Å². The Balaban J connectivity index is 1.65. The van der Waals surface area contributed by atoms with E-state index >= 15 is 0 Å². The molecule has 2 fully saturated rings. The molecule has 0 radical (unpaired) electrons. The molecule has 1 saturated carbocycles. The molecular weight excluding hydrogens is 314 g/mol. The molecule has 1 saturated heterocycles. The molecule has 140 valence electrons. The minimum absolute atomic E-state index is 0.0124. The van der Waals surface area contributed by atoms with E-state index < -0.39 is 0 Å². The summed E-state index contributed by atoms with van der Waals surface area (Å²) in [6, 6.07) is 2.31. The zero-order chi connectivity index (χ0) is 18.4. The van der Waals surface area contributed by atoms with E-state index in [-0.39, 0.29) is 23.2 Å². The van der Waals surface area contributed by atoms with Crippen LogP contribution in [0.3, 0.4) is 0 Å². The van der Waals surface area contributed by atoms with Crippen molar-refractivity contribution in [2.24, 2.45) is 5.92 Å². The van der Waals surface area contributed by atoms with Gasteiger partial charge < -0.3 is 10.6 Å². The van der Waals surface area contributed by atoms with Crippen LogP contribution >= 0.6 is 0 Å². The monoisotopic (exact) mass is 347 g/mol. The van der Waals surface area contributed by atoms with Gasteiger partial charge in [0, 0.05) is 23.2 Å². The molecule has 1 aliphatic carbocycles. The van der Waals surface area contributed by atoms with E-state index in [0.717, 1.165) is 24.4 Å². The predicted octanol–water partition coefficient (Wildman–Crippen LogP) is 3.59. The van der Waals surface area contributed by atoms with Crippen molar-refractivity contribution in [1.82, 2.24) is 20.4 Å². The second kappa shape index (κ2) is 6.31. The van der Waals surface area contributed by atoms with Crippen molar-refractivity contribution in [2.75, 3.05) is 5.32 Å². The summed E-state index contributed by atoms with van der Waals surface area (Å²) in [7, 11) is 0. The van der Waals surface area contributed by atoms with Gasteiger partial charge in [-0.05, 0) is 73.1 Å². The minimum Gasteiger partial charge on any atom is -0.335 e. The summed E-state index contributed by atoms with van der Waals surface area (Å²) < 4.78 is 1.98. The van der Waals surface area contributed by atoms with Gasteiger partial charge in [0.1, 0.15) is 5.82 Å². The van der Waals surface area contributed by atoms with Gasteiger partial charge in [-0.1, -0.05) is 0 Å². The number of anilines is 1. The highest BCUT2D eigenvalue weighted by molar-refractivity contribution is 5.88. The zero-order valence-corrected chi connectivity index (χ0v) is 16.4. The molecule has 6 nitrogen and oxygen atoms in total. The first kappa shape index (κ1) is 18.2. The fraction of sp³-hybridized carbons (Fsp3) is 0.789. The summed E-state index contributed by atoms with van der Waals surface area (Å²) in [6.45, 7) is 12.9. The highest BCUT2D eigenvalue weighted by Crippen LogP contribution is 2.40. The second-order valence-corrected chi connectivity index (χ2v) is 9.29. The number of carbonyl (C=O) groups is 1. The number of aromatic nitrogens is 2. The highest BCUT2D eigenvalue weighted by Gasteiger charge is 2.38. The van der Waals surface area contributed by atoms with Crippen LogP contribution in [0.2, 0.25) is 0 Å². The Morgan fingerprint density at radius 1 is 1.28 bits per heavy atom. The van der Waals surface area contributed by atoms with E-state index in [1.165, 1.54) is 12.8 Å². The van der Waals surface area contributed by atoms with Gasteiger partial charge in [-0.2, -0.15) is 5.10 Å². The van der Waals surface area contributed by atoms with Crippen LogP contribution < -0.4 is 16.0 Å². The summed E-state index contributed by atoms with van der Waals surface area (Å²) in [6.07, 6.45) is 4.34. The first-order valence-corrected chi connectivity index (χ1v) is 9.48. The number of hydrogen-bond acceptors (Lipinski definition) is 3. The molecule has 0 unspecified atom stereocenters. The summed E-state index contributed by atoms with van der Waals surface area (Å²) in [5.41, 5.74) is 0.962. The lowest BCUT2D eigenvalue weighted by molar-refractivity contribution is 0.149. The van der Waals surface area contributed by atoms with Gasteiger partial charge in [-0.3, -0.25) is 5.32 Å². The van der Waals surface area contributed by atoms with Gasteiger partial charge in [0.2, 0.25) is 0 Å². The van der Waals surface area contributed by atoms with E-state index in [1.54, 1.807) is 0 Å². The van der Waals surface area contributed by atoms with Crippen molar-refractivity contribution >= 4 is 11.8 Å². The van der Waals surface area contributed by atoms with E-state index in [2.05, 4.69) is 55.7 Å². The predicted molar refractivity (Wildman–Crippen MR) is 101 cm³/mol. The number of urea groups is 1. The number of carbonyl (C=O) groups excluding carboxylic acids is 1. The summed E-state index contributed by atoms with van der Waals surface area (Å²) in [4.78, 5) is 12.6. The van der Waals surface area contributed by atoms with Gasteiger partial charge in [-0.25, -0.2) is 9.48 Å². The quantitative estimate of drug-likeness (QED) is 0.779. The smallest absolute Gasteiger partial charge is 0.320 e. The van der Waals surface area contributed by atoms with Crippen molar-refractivity contribution in [3.05, 3.63) is 11.8 Å². The van der Waals surface area contributed by atoms with Crippen LogP contribution in [-0.2, 0) is 0 Å². The molecular formula is C19H33N5O. The van der Waals surface area contributed by atoms with Crippen molar-refractivity contribution in [3.8, 4) is 0 Å². The third kappa shape index (κ3) is 4.54. The average molecular weight is 348 g/mol. The van der Waals surface area contributed by atoms with Gasteiger partial charge >= 0.3 is 6.03 Å². The molecule has 0 spiro atoms. The van der Waals surface area contributed by atoms with Crippen LogP contribution in [0.4, 0.5) is 10.6 Å². The number of piperidine rings is 1. The highest BCUT2D eigenvalue weighted by atomic mass is 16.2. The average Bonchev–Trinajstić information content (AvgIpc) is 3.19. The van der Waals surface area contributed by atoms with Crippen LogP contribution in [0.5, 0.6) is 0 Å². The van der Waals surface area contributed by atoms with E-state index in [0.29, 0.717) is 12.0 Å². The third-order valence-electron chi connectivity index (χ3n) is 5.31. The Morgan fingerprint density at radius 3 is 2.44 bits per heavy atom. The standard InChI is InChI=1S/C19H33N5O/c1-12-9-16(24(22-12)13(2)14-7-8-14)21-17(25)20-15-10-18(3,4)23-19(5,6)11-15/h9,13-15,23H,7-8,10-11H2,1-6H3,(H2,20,21,25)/t13-/m1/s1. The third-order valence-corrected chi connectivity index (χ3v) is 5.31. The van der Waals surface area contributed by atoms with Crippen LogP contribution in [-0.4, -0.2) is 32.9 Å². The number of nitrogens with one attached hydrogen (secondary N) is 3. The molecule has 1 aromatic rings. The lowest BCUT2D eigenvalue weighted by atomic mass is 9.80. The largest absolute Gasteiger partial charge is 0.335 e. The van der Waals surface area contributed by atoms with Crippen LogP contribution in [0.1, 0.15) is 72.0 Å². The maximum Gasteiger partial charge on any atom is 0.320 e. The Morgan fingerprint density at radius 2 is 1.88 bits per heavy atom. The SMILES string of the molecule is Cc1cc(NC(=O)NC2CC(C)(C)NC(C)(C)C2)n([C@H](C)C2CC2)n1. The van der Waals surface area contributed by atoms with Crippen molar-refractivity contribution < 1.29 is 4.79 Å². The Labute approximate surface area is 151 Å². The van der Waals surface area contributed by atoms with Gasteiger partial charge in [0.25, 0.3) is 0 Å². The van der Waals surface area contributed by atoms with E-state index in [4.69, 9.17) is 0 Å². The van der Waals surface area contributed by atoms with Gasteiger partial charge in [0.05, 0.1) is 11.7 Å². The van der Waals surface area contributed by atoms with Crippen molar-refractivity contribution in [1.29, 1.82) is 0 Å². The first-order valence-electron chi connectivity index (χ1n) is 9.48. The number of hydrogen-bond donors (Lipinski definition) is 3. The number of nitrogens with zero attached hydrogens (tertiary/aromatic N) is 2. The molecule has 1 aliphatic heterocycles. The molecule has 25 heavy (non-hydrogen) atoms. The normalized spacial score (nSPS) is 23.9. The Bertz CT molecular complexity index is 628. The van der Waals surface area contributed by atoms with Gasteiger partial charge in [0.15, 0.2) is 0 Å². The molecule has 3 N–H and O–H groups in total. The molecule has 2 heterocycles. The maximum absolute atomic E-state index is 12.6. The van der Waals surface area contributed by atoms with Crippen LogP contribution in [0.15, 0.2) is 6.07 Å². The molecule has 0 bridgehead atoms. The summed E-state index contributed by atoms with van der Waals surface area (Å²) >= 11 is 0. The van der Waals surface area contributed by atoms with E-state index in [1.807, 2.05) is 17.7 Å². The molecule has 2 aliphatic rings. The van der Waals surface area contributed by atoms with Crippen molar-refractivity contribution in [2.45, 2.75) is 90.4 Å². The second-order valence-electron chi connectivity index (χ2n) is 9.29. The topological polar surface area (TPSA) is 71.0 Å². The summed E-state index contributed by atoms with van der Waals surface area (Å²) in [5.74, 6) is 1.48. The van der Waals surface area contributed by atoms with Crippen LogP contribution in [0, 0.1) is 12.8 Å². The fourth-order valence-corrected chi connectivity index (χ4v) is 4.46. The zero-order valence-electron chi connectivity index (χ0n) is 16.4. The number of rotatable bonds is 4. The lowest BCUT2D eigenvalue weighted by Crippen LogP contribution is -2.62. The first-order chi connectivity index (χ1) is 11.5. The molecule has 2 amide bonds. The fourth-order valence-electron chi connectivity index (χ4n) is 4.46. The minimum atomic E-state index is -0.136. The Hall–Kier alpha value is -1.56. The number of amides is 2. The van der Waals surface area contributed by atoms with Crippen molar-refractivity contribution in [3.63, 3.8) is 0 Å². The van der Waals surface area contributed by atoms with Crippen LogP contribution in [0.25, 0.3) is 0 Å². The molecule has 3 rings (SSSR count). The maximum atomic E-state index is 12.6. The summed E-state index contributed by atoms with van der Waals surface area (Å²) in [5, 5.41) is 14.4. The van der Waals surface area contributed by atoms with Gasteiger partial charge in [-0.15, -0.1) is 0 Å².